The van der Waals surface area contributed by atoms with Gasteiger partial charge in [0.25, 0.3) is 5.91 Å². The summed E-state index contributed by atoms with van der Waals surface area (Å²) in [7, 11) is 0. The minimum atomic E-state index is 0.0159. The Balaban J connectivity index is 1.32. The number of aromatic nitrogens is 1. The lowest BCUT2D eigenvalue weighted by molar-refractivity contribution is 0.0633. The Hall–Kier alpha value is -3.73. The lowest BCUT2D eigenvalue weighted by atomic mass is 10.1. The molecular formula is C26H22N4O2S. The van der Waals surface area contributed by atoms with Crippen molar-refractivity contribution < 1.29 is 9.21 Å². The number of rotatable bonds is 5. The summed E-state index contributed by atoms with van der Waals surface area (Å²) in [6, 6.07) is 23.4. The van der Waals surface area contributed by atoms with E-state index < -0.39 is 0 Å². The first-order valence-electron chi connectivity index (χ1n) is 10.8. The highest BCUT2D eigenvalue weighted by atomic mass is 32.1. The first-order valence-corrected chi connectivity index (χ1v) is 11.6. The van der Waals surface area contributed by atoms with Crippen LogP contribution in [-0.2, 0) is 6.54 Å². The molecule has 0 saturated carbocycles. The van der Waals surface area contributed by atoms with Crippen molar-refractivity contribution in [3.05, 3.63) is 89.0 Å². The zero-order chi connectivity index (χ0) is 22.6. The van der Waals surface area contributed by atoms with Crippen molar-refractivity contribution in [1.29, 1.82) is 5.26 Å². The van der Waals surface area contributed by atoms with Crippen LogP contribution in [0.15, 0.2) is 77.4 Å². The van der Waals surface area contributed by atoms with Gasteiger partial charge < -0.3 is 9.32 Å². The van der Waals surface area contributed by atoms with Crippen LogP contribution in [0, 0.1) is 11.3 Å². The van der Waals surface area contributed by atoms with Crippen LogP contribution in [0.1, 0.15) is 20.8 Å². The highest BCUT2D eigenvalue weighted by Crippen LogP contribution is 2.35. The number of furan rings is 1. The number of piperazine rings is 1. The molecule has 1 fully saturated rings. The normalized spacial score (nSPS) is 14.2. The highest BCUT2D eigenvalue weighted by Gasteiger charge is 2.28. The summed E-state index contributed by atoms with van der Waals surface area (Å²) < 4.78 is 5.53. The third-order valence-electron chi connectivity index (χ3n) is 5.75. The SMILES string of the molecule is N#Cc1ccc(CN2CCN(C(=O)c3sc(-c4ccco4)nc3-c3ccccc3)CC2)cc1. The molecule has 2 aromatic carbocycles. The fraction of sp³-hybridized carbons (Fsp3) is 0.192. The van der Waals surface area contributed by atoms with Gasteiger partial charge in [-0.1, -0.05) is 42.5 Å². The molecule has 1 amide bonds. The summed E-state index contributed by atoms with van der Waals surface area (Å²) in [6.07, 6.45) is 1.62. The molecule has 0 atom stereocenters. The molecule has 7 heteroatoms. The number of nitriles is 1. The second-order valence-electron chi connectivity index (χ2n) is 7.92. The summed E-state index contributed by atoms with van der Waals surface area (Å²) in [5.41, 5.74) is 3.47. The second kappa shape index (κ2) is 9.41. The summed E-state index contributed by atoms with van der Waals surface area (Å²) in [5.74, 6) is 0.686. The van der Waals surface area contributed by atoms with E-state index in [2.05, 4.69) is 11.0 Å². The first kappa shape index (κ1) is 21.1. The standard InChI is InChI=1S/C26H22N4O2S/c27-17-19-8-10-20(11-9-19)18-29-12-14-30(15-13-29)26(31)24-23(21-5-2-1-3-6-21)28-25(33-24)22-7-4-16-32-22/h1-11,16H,12-15,18H2. The van der Waals surface area contributed by atoms with Gasteiger partial charge in [-0.3, -0.25) is 9.69 Å². The third kappa shape index (κ3) is 4.58. The van der Waals surface area contributed by atoms with Crippen LogP contribution >= 0.6 is 11.3 Å². The van der Waals surface area contributed by atoms with E-state index >= 15 is 0 Å². The van der Waals surface area contributed by atoms with Crippen LogP contribution in [0.2, 0.25) is 0 Å². The topological polar surface area (TPSA) is 73.4 Å². The molecule has 3 heterocycles. The van der Waals surface area contributed by atoms with Gasteiger partial charge in [0.2, 0.25) is 0 Å². The van der Waals surface area contributed by atoms with Crippen molar-refractivity contribution >= 4 is 17.2 Å². The van der Waals surface area contributed by atoms with Gasteiger partial charge in [-0.15, -0.1) is 11.3 Å². The predicted molar refractivity (Wildman–Crippen MR) is 128 cm³/mol. The van der Waals surface area contributed by atoms with Gasteiger partial charge in [-0.05, 0) is 29.8 Å². The van der Waals surface area contributed by atoms with Crippen molar-refractivity contribution in [3.63, 3.8) is 0 Å². The number of benzene rings is 2. The Bertz CT molecular complexity index is 1270. The Morgan fingerprint density at radius 1 is 1.00 bits per heavy atom. The third-order valence-corrected chi connectivity index (χ3v) is 6.81. The smallest absolute Gasteiger partial charge is 0.266 e. The van der Waals surface area contributed by atoms with Crippen molar-refractivity contribution in [2.45, 2.75) is 6.54 Å². The second-order valence-corrected chi connectivity index (χ2v) is 8.92. The van der Waals surface area contributed by atoms with Gasteiger partial charge in [0, 0.05) is 38.3 Å². The number of hydrogen-bond acceptors (Lipinski definition) is 6. The maximum absolute atomic E-state index is 13.5. The first-order chi connectivity index (χ1) is 16.2. The minimum absolute atomic E-state index is 0.0159. The molecule has 0 aliphatic carbocycles. The average molecular weight is 455 g/mol. The zero-order valence-electron chi connectivity index (χ0n) is 18.0. The molecule has 0 N–H and O–H groups in total. The van der Waals surface area contributed by atoms with Gasteiger partial charge >= 0.3 is 0 Å². The van der Waals surface area contributed by atoms with E-state index in [1.54, 1.807) is 6.26 Å². The zero-order valence-corrected chi connectivity index (χ0v) is 18.8. The highest BCUT2D eigenvalue weighted by molar-refractivity contribution is 7.17. The summed E-state index contributed by atoms with van der Waals surface area (Å²) in [5, 5.41) is 9.68. The fourth-order valence-corrected chi connectivity index (χ4v) is 4.98. The van der Waals surface area contributed by atoms with E-state index in [1.807, 2.05) is 71.6 Å². The average Bonchev–Trinajstić information content (AvgIpc) is 3.56. The van der Waals surface area contributed by atoms with Crippen molar-refractivity contribution in [1.82, 2.24) is 14.8 Å². The molecule has 1 saturated heterocycles. The van der Waals surface area contributed by atoms with Crippen LogP contribution in [0.25, 0.3) is 22.0 Å². The van der Waals surface area contributed by atoms with Gasteiger partial charge in [0.1, 0.15) is 4.88 Å². The molecule has 0 spiro atoms. The molecule has 1 aliphatic rings. The summed E-state index contributed by atoms with van der Waals surface area (Å²) in [4.78, 5) is 23.2. The van der Waals surface area contributed by atoms with Crippen LogP contribution in [0.5, 0.6) is 0 Å². The van der Waals surface area contributed by atoms with E-state index in [-0.39, 0.29) is 5.91 Å². The van der Waals surface area contributed by atoms with Crippen LogP contribution in [0.3, 0.4) is 0 Å². The molecule has 1 aliphatic heterocycles. The molecule has 0 unspecified atom stereocenters. The van der Waals surface area contributed by atoms with E-state index in [4.69, 9.17) is 14.7 Å². The number of nitrogens with zero attached hydrogens (tertiary/aromatic N) is 4. The van der Waals surface area contributed by atoms with E-state index in [0.717, 1.165) is 25.2 Å². The van der Waals surface area contributed by atoms with Gasteiger partial charge in [0.15, 0.2) is 10.8 Å². The summed E-state index contributed by atoms with van der Waals surface area (Å²) in [6.45, 7) is 3.74. The Morgan fingerprint density at radius 2 is 1.76 bits per heavy atom. The Labute approximate surface area is 196 Å². The molecule has 2 aromatic heterocycles. The van der Waals surface area contributed by atoms with E-state index in [9.17, 15) is 4.79 Å². The molecule has 0 bridgehead atoms. The van der Waals surface area contributed by atoms with Crippen molar-refractivity contribution in [2.75, 3.05) is 26.2 Å². The Kier molecular flexibility index (Phi) is 6.03. The quantitative estimate of drug-likeness (QED) is 0.429. The molecule has 33 heavy (non-hydrogen) atoms. The van der Waals surface area contributed by atoms with Gasteiger partial charge in [0.05, 0.1) is 23.6 Å². The lowest BCUT2D eigenvalue weighted by Gasteiger charge is -2.34. The predicted octanol–water partition coefficient (Wildman–Crippen LogP) is 4.90. The lowest BCUT2D eigenvalue weighted by Crippen LogP contribution is -2.48. The Morgan fingerprint density at radius 3 is 2.42 bits per heavy atom. The maximum atomic E-state index is 13.5. The molecule has 6 nitrogen and oxygen atoms in total. The molecule has 164 valence electrons. The van der Waals surface area contributed by atoms with Gasteiger partial charge in [-0.2, -0.15) is 5.26 Å². The minimum Gasteiger partial charge on any atom is -0.462 e. The number of thiazole rings is 1. The van der Waals surface area contributed by atoms with E-state index in [1.165, 1.54) is 16.9 Å². The van der Waals surface area contributed by atoms with Crippen LogP contribution in [-0.4, -0.2) is 46.9 Å². The van der Waals surface area contributed by atoms with Crippen LogP contribution < -0.4 is 0 Å². The van der Waals surface area contributed by atoms with Crippen LogP contribution in [0.4, 0.5) is 0 Å². The monoisotopic (exact) mass is 454 g/mol. The van der Waals surface area contributed by atoms with Crippen molar-refractivity contribution in [2.24, 2.45) is 0 Å². The number of carbonyl (C=O) groups is 1. The molecule has 5 rings (SSSR count). The summed E-state index contributed by atoms with van der Waals surface area (Å²) >= 11 is 1.38. The van der Waals surface area contributed by atoms with Crippen molar-refractivity contribution in [3.8, 4) is 28.1 Å². The molecular weight excluding hydrogens is 432 g/mol. The number of carbonyl (C=O) groups excluding carboxylic acids is 1. The fourth-order valence-electron chi connectivity index (χ4n) is 3.96. The molecule has 0 radical (unpaired) electrons. The molecule has 4 aromatic rings. The maximum Gasteiger partial charge on any atom is 0.266 e. The van der Waals surface area contributed by atoms with E-state index in [0.29, 0.717) is 40.0 Å². The van der Waals surface area contributed by atoms with Gasteiger partial charge in [-0.25, -0.2) is 4.98 Å². The largest absolute Gasteiger partial charge is 0.462 e. The number of amides is 1. The number of hydrogen-bond donors (Lipinski definition) is 0.